The SMILES string of the molecule is COCCNC(=O)[C@@H]1C[C@H](NCc2cccc(C(F)(F)F)c2)CN1Cc1ccc(Cl)cc1. The van der Waals surface area contributed by atoms with E-state index in [1.54, 1.807) is 13.2 Å². The van der Waals surface area contributed by atoms with E-state index in [4.69, 9.17) is 16.3 Å². The van der Waals surface area contributed by atoms with Gasteiger partial charge in [0.25, 0.3) is 0 Å². The molecule has 1 aliphatic rings. The Balaban J connectivity index is 1.65. The number of carbonyl (C=O) groups is 1. The van der Waals surface area contributed by atoms with E-state index in [0.717, 1.165) is 17.7 Å². The first-order valence-electron chi connectivity index (χ1n) is 10.4. The van der Waals surface area contributed by atoms with Crippen molar-refractivity contribution in [2.75, 3.05) is 26.8 Å². The lowest BCUT2D eigenvalue weighted by Gasteiger charge is -2.23. The molecule has 0 aromatic heterocycles. The van der Waals surface area contributed by atoms with Crippen LogP contribution in [0.4, 0.5) is 13.2 Å². The minimum Gasteiger partial charge on any atom is -0.383 e. The Morgan fingerprint density at radius 1 is 1.19 bits per heavy atom. The van der Waals surface area contributed by atoms with Crippen LogP contribution in [0.3, 0.4) is 0 Å². The van der Waals surface area contributed by atoms with Crippen molar-refractivity contribution in [3.05, 3.63) is 70.2 Å². The molecular formula is C23H27ClF3N3O2. The second-order valence-electron chi connectivity index (χ2n) is 7.87. The minimum absolute atomic E-state index is 0.0324. The molecule has 2 atom stereocenters. The molecule has 2 aromatic carbocycles. The summed E-state index contributed by atoms with van der Waals surface area (Å²) in [5.74, 6) is -0.0839. The fourth-order valence-electron chi connectivity index (χ4n) is 3.84. The smallest absolute Gasteiger partial charge is 0.383 e. The van der Waals surface area contributed by atoms with Gasteiger partial charge in [0.15, 0.2) is 0 Å². The van der Waals surface area contributed by atoms with Crippen LogP contribution in [0, 0.1) is 0 Å². The minimum atomic E-state index is -4.37. The first-order chi connectivity index (χ1) is 15.3. The monoisotopic (exact) mass is 469 g/mol. The molecule has 1 amide bonds. The van der Waals surface area contributed by atoms with Gasteiger partial charge in [-0.2, -0.15) is 13.2 Å². The average Bonchev–Trinajstić information content (AvgIpc) is 3.16. The van der Waals surface area contributed by atoms with Crippen molar-refractivity contribution < 1.29 is 22.7 Å². The standard InChI is InChI=1S/C23H27ClF3N3O2/c1-32-10-9-28-22(31)21-12-20(15-30(21)14-16-5-7-19(24)8-6-16)29-13-17-3-2-4-18(11-17)23(25,26)27/h2-8,11,20-21,29H,9-10,12-15H2,1H3,(H,28,31)/t20-,21-/m0/s1. The Hall–Kier alpha value is -2.13. The van der Waals surface area contributed by atoms with Gasteiger partial charge in [0.1, 0.15) is 0 Å². The molecule has 0 spiro atoms. The van der Waals surface area contributed by atoms with Crippen LogP contribution < -0.4 is 10.6 Å². The van der Waals surface area contributed by atoms with Crippen molar-refractivity contribution in [1.29, 1.82) is 0 Å². The first kappa shape index (κ1) is 24.5. The molecule has 32 heavy (non-hydrogen) atoms. The van der Waals surface area contributed by atoms with Crippen molar-refractivity contribution in [2.24, 2.45) is 0 Å². The quantitative estimate of drug-likeness (QED) is 0.548. The molecule has 1 fully saturated rings. The summed E-state index contributed by atoms with van der Waals surface area (Å²) in [4.78, 5) is 14.8. The van der Waals surface area contributed by atoms with Crippen LogP contribution in [0.5, 0.6) is 0 Å². The lowest BCUT2D eigenvalue weighted by Crippen LogP contribution is -2.43. The molecule has 0 radical (unpaired) electrons. The molecule has 5 nitrogen and oxygen atoms in total. The molecule has 1 heterocycles. The lowest BCUT2D eigenvalue weighted by molar-refractivity contribution is -0.137. The summed E-state index contributed by atoms with van der Waals surface area (Å²) in [5, 5.41) is 6.85. The Bertz CT molecular complexity index is 893. The van der Waals surface area contributed by atoms with Crippen molar-refractivity contribution in [1.82, 2.24) is 15.5 Å². The van der Waals surface area contributed by atoms with Crippen LogP contribution in [-0.2, 0) is 28.8 Å². The van der Waals surface area contributed by atoms with E-state index in [2.05, 4.69) is 15.5 Å². The third-order valence-electron chi connectivity index (χ3n) is 5.46. The number of ether oxygens (including phenoxy) is 1. The van der Waals surface area contributed by atoms with E-state index in [-0.39, 0.29) is 18.0 Å². The van der Waals surface area contributed by atoms with Gasteiger partial charge in [-0.3, -0.25) is 9.69 Å². The summed E-state index contributed by atoms with van der Waals surface area (Å²) in [7, 11) is 1.57. The Kier molecular flexibility index (Phi) is 8.53. The molecule has 0 bridgehead atoms. The summed E-state index contributed by atoms with van der Waals surface area (Å²) in [6.45, 7) is 2.31. The number of rotatable bonds is 9. The molecule has 0 saturated carbocycles. The van der Waals surface area contributed by atoms with E-state index in [1.807, 2.05) is 24.3 Å². The summed E-state index contributed by atoms with van der Waals surface area (Å²) in [6, 6.07) is 12.4. The average molecular weight is 470 g/mol. The summed E-state index contributed by atoms with van der Waals surface area (Å²) in [5.41, 5.74) is 0.919. The number of hydrogen-bond donors (Lipinski definition) is 2. The molecule has 2 N–H and O–H groups in total. The van der Waals surface area contributed by atoms with Gasteiger partial charge < -0.3 is 15.4 Å². The number of methoxy groups -OCH3 is 1. The van der Waals surface area contributed by atoms with E-state index in [9.17, 15) is 18.0 Å². The number of nitrogens with one attached hydrogen (secondary N) is 2. The highest BCUT2D eigenvalue weighted by Gasteiger charge is 2.36. The highest BCUT2D eigenvalue weighted by molar-refractivity contribution is 6.30. The van der Waals surface area contributed by atoms with Crippen LogP contribution in [0.25, 0.3) is 0 Å². The van der Waals surface area contributed by atoms with E-state index >= 15 is 0 Å². The Morgan fingerprint density at radius 3 is 2.62 bits per heavy atom. The molecule has 2 aromatic rings. The molecule has 1 aliphatic heterocycles. The third-order valence-corrected chi connectivity index (χ3v) is 5.71. The number of benzene rings is 2. The molecule has 174 valence electrons. The van der Waals surface area contributed by atoms with E-state index in [1.165, 1.54) is 6.07 Å². The summed E-state index contributed by atoms with van der Waals surface area (Å²) < 4.78 is 43.9. The van der Waals surface area contributed by atoms with Gasteiger partial charge in [0, 0.05) is 44.4 Å². The van der Waals surface area contributed by atoms with Crippen molar-refractivity contribution in [2.45, 2.75) is 37.8 Å². The molecule has 9 heteroatoms. The van der Waals surface area contributed by atoms with Gasteiger partial charge in [-0.1, -0.05) is 41.9 Å². The Morgan fingerprint density at radius 2 is 1.94 bits per heavy atom. The van der Waals surface area contributed by atoms with Gasteiger partial charge >= 0.3 is 6.18 Å². The van der Waals surface area contributed by atoms with E-state index in [0.29, 0.717) is 49.8 Å². The maximum absolute atomic E-state index is 13.0. The number of alkyl halides is 3. The topological polar surface area (TPSA) is 53.6 Å². The zero-order valence-corrected chi connectivity index (χ0v) is 18.5. The van der Waals surface area contributed by atoms with Crippen LogP contribution in [0.15, 0.2) is 48.5 Å². The number of nitrogens with zero attached hydrogens (tertiary/aromatic N) is 1. The highest BCUT2D eigenvalue weighted by atomic mass is 35.5. The van der Waals surface area contributed by atoms with Crippen molar-refractivity contribution in [3.8, 4) is 0 Å². The lowest BCUT2D eigenvalue weighted by atomic mass is 10.1. The van der Waals surface area contributed by atoms with Crippen LogP contribution in [-0.4, -0.2) is 49.7 Å². The highest BCUT2D eigenvalue weighted by Crippen LogP contribution is 2.29. The molecule has 0 unspecified atom stereocenters. The molecule has 1 saturated heterocycles. The number of halogens is 4. The second kappa shape index (κ2) is 11.1. The van der Waals surface area contributed by atoms with Gasteiger partial charge in [-0.15, -0.1) is 0 Å². The number of carbonyl (C=O) groups excluding carboxylic acids is 1. The molecular weight excluding hydrogens is 443 g/mol. The van der Waals surface area contributed by atoms with Crippen LogP contribution >= 0.6 is 11.6 Å². The van der Waals surface area contributed by atoms with Gasteiger partial charge in [-0.05, 0) is 35.7 Å². The fraction of sp³-hybridized carbons (Fsp3) is 0.435. The van der Waals surface area contributed by atoms with Crippen LogP contribution in [0.2, 0.25) is 5.02 Å². The van der Waals surface area contributed by atoms with Crippen molar-refractivity contribution >= 4 is 17.5 Å². The number of hydrogen-bond acceptors (Lipinski definition) is 4. The molecule has 0 aliphatic carbocycles. The zero-order valence-electron chi connectivity index (χ0n) is 17.8. The second-order valence-corrected chi connectivity index (χ2v) is 8.30. The predicted octanol–water partition coefficient (Wildman–Crippen LogP) is 3.85. The van der Waals surface area contributed by atoms with Gasteiger partial charge in [0.2, 0.25) is 5.91 Å². The fourth-order valence-corrected chi connectivity index (χ4v) is 3.96. The number of amides is 1. The van der Waals surface area contributed by atoms with E-state index < -0.39 is 11.7 Å². The largest absolute Gasteiger partial charge is 0.416 e. The van der Waals surface area contributed by atoms with Crippen LogP contribution in [0.1, 0.15) is 23.1 Å². The van der Waals surface area contributed by atoms with Crippen molar-refractivity contribution in [3.63, 3.8) is 0 Å². The summed E-state index contributed by atoms with van der Waals surface area (Å²) in [6.07, 6.45) is -3.81. The third kappa shape index (κ3) is 6.93. The zero-order chi connectivity index (χ0) is 23.1. The first-order valence-corrected chi connectivity index (χ1v) is 10.8. The number of likely N-dealkylation sites (tertiary alicyclic amines) is 1. The summed E-state index contributed by atoms with van der Waals surface area (Å²) >= 11 is 5.97. The predicted molar refractivity (Wildman–Crippen MR) is 117 cm³/mol. The maximum atomic E-state index is 13.0. The normalized spacial score (nSPS) is 19.3. The maximum Gasteiger partial charge on any atom is 0.416 e. The Labute approximate surface area is 190 Å². The van der Waals surface area contributed by atoms with Gasteiger partial charge in [0.05, 0.1) is 18.2 Å². The van der Waals surface area contributed by atoms with Gasteiger partial charge in [-0.25, -0.2) is 0 Å². The molecule has 3 rings (SSSR count).